The van der Waals surface area contributed by atoms with Gasteiger partial charge in [-0.2, -0.15) is 4.89 Å². The Morgan fingerprint density at radius 2 is 1.29 bits per heavy atom. The Hall–Kier alpha value is -5.25. The van der Waals surface area contributed by atoms with Crippen molar-refractivity contribution < 1.29 is 47.7 Å². The van der Waals surface area contributed by atoms with Crippen LogP contribution in [0.3, 0.4) is 0 Å². The molecule has 0 amide bonds. The zero-order valence-corrected chi connectivity index (χ0v) is 27.0. The van der Waals surface area contributed by atoms with Crippen molar-refractivity contribution in [2.45, 2.75) is 12.8 Å². The third kappa shape index (κ3) is 12.2. The summed E-state index contributed by atoms with van der Waals surface area (Å²) in [5, 5.41) is 1.82. The van der Waals surface area contributed by atoms with Crippen LogP contribution in [0.15, 0.2) is 110 Å². The number of esters is 1. The molecule has 4 rings (SSSR count). The minimum Gasteiger partial charge on any atom is -0.494 e. The summed E-state index contributed by atoms with van der Waals surface area (Å²) in [7, 11) is 1.62. The molecule has 0 aliphatic heterocycles. The van der Waals surface area contributed by atoms with Crippen molar-refractivity contribution >= 4 is 22.5 Å². The molecule has 0 radical (unpaired) electrons. The number of carbonyl (C=O) groups is 1. The van der Waals surface area contributed by atoms with Gasteiger partial charge in [0.15, 0.2) is 6.26 Å². The van der Waals surface area contributed by atoms with E-state index in [1.54, 1.807) is 43.5 Å². The second-order valence-corrected chi connectivity index (χ2v) is 10.2. The van der Waals surface area contributed by atoms with E-state index in [1.165, 1.54) is 6.26 Å². The van der Waals surface area contributed by atoms with E-state index in [0.717, 1.165) is 34.9 Å². The lowest BCUT2D eigenvalue weighted by atomic mass is 10.1. The lowest BCUT2D eigenvalue weighted by Crippen LogP contribution is -2.09. The standard InChI is InChI=1S/C38H40O10/c1-4-19-46-47-21-6-5-20-43-34-15-17-35(18-16-34)44-28-45-36-13-11-33-27-37(14-12-32(33)26-36)48-38(39)31-9-7-30(8-10-31)29(2)42-25-24-41-23-22-40-3/h7-19,26-27H,1-2,5-6,20-25,28H2,3H3. The minimum atomic E-state index is -0.468. The highest BCUT2D eigenvalue weighted by molar-refractivity contribution is 5.92. The molecule has 0 atom stereocenters. The van der Waals surface area contributed by atoms with Crippen molar-refractivity contribution in [1.29, 1.82) is 0 Å². The summed E-state index contributed by atoms with van der Waals surface area (Å²) in [6, 6.07) is 25.3. The number of rotatable bonds is 22. The van der Waals surface area contributed by atoms with Crippen LogP contribution in [-0.2, 0) is 24.0 Å². The predicted molar refractivity (Wildman–Crippen MR) is 181 cm³/mol. The minimum absolute atomic E-state index is 0.0338. The second-order valence-electron chi connectivity index (χ2n) is 10.2. The molecular formula is C38H40O10. The van der Waals surface area contributed by atoms with Gasteiger partial charge in [-0.3, -0.25) is 0 Å². The van der Waals surface area contributed by atoms with E-state index in [4.69, 9.17) is 42.9 Å². The number of carbonyl (C=O) groups excluding carboxylic acids is 1. The van der Waals surface area contributed by atoms with E-state index in [2.05, 4.69) is 18.9 Å². The van der Waals surface area contributed by atoms with E-state index in [9.17, 15) is 4.79 Å². The molecule has 4 aromatic rings. The van der Waals surface area contributed by atoms with E-state index in [0.29, 0.717) is 68.2 Å². The highest BCUT2D eigenvalue weighted by atomic mass is 17.2. The predicted octanol–water partition coefficient (Wildman–Crippen LogP) is 7.53. The van der Waals surface area contributed by atoms with E-state index >= 15 is 0 Å². The molecule has 4 aromatic carbocycles. The molecule has 0 fully saturated rings. The van der Waals surface area contributed by atoms with Crippen LogP contribution in [0.25, 0.3) is 16.5 Å². The molecule has 0 bridgehead atoms. The topological polar surface area (TPSA) is 100 Å². The molecule has 48 heavy (non-hydrogen) atoms. The first kappa shape index (κ1) is 35.6. The number of unbranched alkanes of at least 4 members (excludes halogenated alkanes) is 1. The Morgan fingerprint density at radius 1 is 0.688 bits per heavy atom. The lowest BCUT2D eigenvalue weighted by molar-refractivity contribution is -0.249. The monoisotopic (exact) mass is 656 g/mol. The summed E-state index contributed by atoms with van der Waals surface area (Å²) in [5.74, 6) is 2.51. The first-order chi connectivity index (χ1) is 23.6. The van der Waals surface area contributed by atoms with Gasteiger partial charge >= 0.3 is 5.97 Å². The third-order valence-electron chi connectivity index (χ3n) is 6.74. The van der Waals surface area contributed by atoms with Crippen LogP contribution in [-0.4, -0.2) is 59.5 Å². The largest absolute Gasteiger partial charge is 0.494 e. The first-order valence-corrected chi connectivity index (χ1v) is 15.4. The molecule has 0 saturated heterocycles. The van der Waals surface area contributed by atoms with E-state index in [-0.39, 0.29) is 6.79 Å². The Labute approximate surface area is 280 Å². The van der Waals surface area contributed by atoms with Gasteiger partial charge in [0.05, 0.1) is 38.6 Å². The quantitative estimate of drug-likeness (QED) is 0.0123. The number of methoxy groups -OCH3 is 1. The summed E-state index contributed by atoms with van der Waals surface area (Å²) >= 11 is 0. The van der Waals surface area contributed by atoms with Gasteiger partial charge in [-0.05, 0) is 84.3 Å². The Morgan fingerprint density at radius 3 is 2.02 bits per heavy atom. The molecule has 10 nitrogen and oxygen atoms in total. The average Bonchev–Trinajstić information content (AvgIpc) is 3.11. The molecule has 0 heterocycles. The number of fused-ring (bicyclic) bond motifs is 1. The van der Waals surface area contributed by atoms with Crippen LogP contribution >= 0.6 is 0 Å². The molecule has 0 spiro atoms. The highest BCUT2D eigenvalue weighted by Gasteiger charge is 2.11. The molecule has 252 valence electrons. The van der Waals surface area contributed by atoms with Crippen LogP contribution in [0.1, 0.15) is 28.8 Å². The Balaban J connectivity index is 1.17. The SMILES string of the molecule is C=C=COOCCCCOc1ccc(OCOc2ccc3cc(OC(=O)c4ccc(C(=C)OCCOCCOC)cc4)ccc3c2)cc1. The Kier molecular flexibility index (Phi) is 14.9. The van der Waals surface area contributed by atoms with Crippen molar-refractivity contribution in [2.75, 3.05) is 53.5 Å². The van der Waals surface area contributed by atoms with Crippen molar-refractivity contribution in [2.24, 2.45) is 0 Å². The van der Waals surface area contributed by atoms with E-state index < -0.39 is 5.97 Å². The van der Waals surface area contributed by atoms with Gasteiger partial charge in [-0.1, -0.05) is 43.2 Å². The molecule has 0 aliphatic rings. The fourth-order valence-electron chi connectivity index (χ4n) is 4.23. The number of ether oxygens (including phenoxy) is 7. The molecule has 0 aliphatic carbocycles. The van der Waals surface area contributed by atoms with Crippen LogP contribution in [0, 0.1) is 0 Å². The zero-order valence-electron chi connectivity index (χ0n) is 27.0. The molecule has 0 unspecified atom stereocenters. The van der Waals surface area contributed by atoms with Gasteiger partial charge in [-0.15, -0.1) is 0 Å². The molecule has 0 saturated carbocycles. The fourth-order valence-corrected chi connectivity index (χ4v) is 4.23. The molecule has 0 aromatic heterocycles. The maximum atomic E-state index is 12.8. The summed E-state index contributed by atoms with van der Waals surface area (Å²) in [6.07, 6.45) is 2.88. The third-order valence-corrected chi connectivity index (χ3v) is 6.74. The normalized spacial score (nSPS) is 10.5. The Bertz CT molecular complexity index is 1630. The summed E-state index contributed by atoms with van der Waals surface area (Å²) < 4.78 is 38.8. The van der Waals surface area contributed by atoms with Crippen molar-refractivity contribution in [3.8, 4) is 23.0 Å². The van der Waals surface area contributed by atoms with Crippen LogP contribution in [0.4, 0.5) is 0 Å². The second kappa shape index (κ2) is 20.1. The molecule has 10 heteroatoms. The molecular weight excluding hydrogens is 616 g/mol. The zero-order chi connectivity index (χ0) is 33.8. The van der Waals surface area contributed by atoms with Crippen molar-refractivity contribution in [3.63, 3.8) is 0 Å². The van der Waals surface area contributed by atoms with Gasteiger partial charge in [-0.25, -0.2) is 4.79 Å². The van der Waals surface area contributed by atoms with Gasteiger partial charge < -0.3 is 38.0 Å². The maximum Gasteiger partial charge on any atom is 0.343 e. The van der Waals surface area contributed by atoms with Gasteiger partial charge in [0.2, 0.25) is 6.79 Å². The van der Waals surface area contributed by atoms with Gasteiger partial charge in [0, 0.05) is 12.7 Å². The number of hydrogen-bond donors (Lipinski definition) is 0. The van der Waals surface area contributed by atoms with Crippen LogP contribution < -0.4 is 18.9 Å². The van der Waals surface area contributed by atoms with Gasteiger partial charge in [0.1, 0.15) is 35.4 Å². The van der Waals surface area contributed by atoms with Crippen molar-refractivity contribution in [3.05, 3.63) is 121 Å². The van der Waals surface area contributed by atoms with Crippen molar-refractivity contribution in [1.82, 2.24) is 0 Å². The van der Waals surface area contributed by atoms with E-state index in [1.807, 2.05) is 48.5 Å². The highest BCUT2D eigenvalue weighted by Crippen LogP contribution is 2.26. The van der Waals surface area contributed by atoms with Crippen LogP contribution in [0.5, 0.6) is 23.0 Å². The fraction of sp³-hybridized carbons (Fsp3) is 0.263. The summed E-state index contributed by atoms with van der Waals surface area (Å²) in [6.45, 7) is 10.2. The first-order valence-electron chi connectivity index (χ1n) is 15.4. The van der Waals surface area contributed by atoms with Gasteiger partial charge in [0.25, 0.3) is 0 Å². The summed E-state index contributed by atoms with van der Waals surface area (Å²) in [5.41, 5.74) is 3.63. The maximum absolute atomic E-state index is 12.8. The molecule has 0 N–H and O–H groups in total. The number of hydrogen-bond acceptors (Lipinski definition) is 10. The van der Waals surface area contributed by atoms with Crippen LogP contribution in [0.2, 0.25) is 0 Å². The lowest BCUT2D eigenvalue weighted by Gasteiger charge is -2.11. The number of benzene rings is 4. The summed E-state index contributed by atoms with van der Waals surface area (Å²) in [4.78, 5) is 22.4. The average molecular weight is 657 g/mol. The smallest absolute Gasteiger partial charge is 0.343 e.